The predicted molar refractivity (Wildman–Crippen MR) is 138 cm³/mol. The van der Waals surface area contributed by atoms with Crippen molar-refractivity contribution < 1.29 is 23.1 Å². The van der Waals surface area contributed by atoms with Crippen molar-refractivity contribution in [3.63, 3.8) is 0 Å². The lowest BCUT2D eigenvalue weighted by Crippen LogP contribution is -2.66. The zero-order chi connectivity index (χ0) is 25.1. The van der Waals surface area contributed by atoms with Crippen LogP contribution in [0.1, 0.15) is 67.2 Å². The van der Waals surface area contributed by atoms with Crippen molar-refractivity contribution in [2.75, 3.05) is 13.2 Å². The normalized spacial score (nSPS) is 35.7. The van der Waals surface area contributed by atoms with E-state index in [9.17, 15) is 4.79 Å². The van der Waals surface area contributed by atoms with Crippen LogP contribution < -0.4 is 0 Å². The highest BCUT2D eigenvalue weighted by Crippen LogP contribution is 2.57. The Morgan fingerprint density at radius 2 is 1.58 bits per heavy atom. The summed E-state index contributed by atoms with van der Waals surface area (Å²) in [5.74, 6) is -0.535. The van der Waals surface area contributed by atoms with Gasteiger partial charge in [0.2, 0.25) is 0 Å². The van der Waals surface area contributed by atoms with E-state index in [2.05, 4.69) is 86.4 Å². The molecule has 0 aromatic carbocycles. The lowest BCUT2D eigenvalue weighted by Gasteiger charge is -2.57. The third kappa shape index (κ3) is 5.14. The lowest BCUT2D eigenvalue weighted by molar-refractivity contribution is -0.236. The van der Waals surface area contributed by atoms with Gasteiger partial charge in [-0.3, -0.25) is 4.79 Å². The number of hydrogen-bond acceptors (Lipinski definition) is 5. The molecule has 0 amide bonds. The number of carbonyl (C=O) groups excluding carboxylic acids is 1. The van der Waals surface area contributed by atoms with Gasteiger partial charge in [0.15, 0.2) is 28.2 Å². The van der Waals surface area contributed by atoms with Gasteiger partial charge >= 0.3 is 0 Å². The topological polar surface area (TPSA) is 54.0 Å². The fourth-order valence-corrected chi connectivity index (χ4v) is 8.19. The third-order valence-corrected chi connectivity index (χ3v) is 13.9. The van der Waals surface area contributed by atoms with Crippen LogP contribution in [0.25, 0.3) is 0 Å². The summed E-state index contributed by atoms with van der Waals surface area (Å²) in [7, 11) is -4.09. The van der Waals surface area contributed by atoms with Gasteiger partial charge in [0.1, 0.15) is 5.60 Å². The number of rotatable bonds is 4. The van der Waals surface area contributed by atoms with Gasteiger partial charge in [-0.2, -0.15) is 0 Å². The fraction of sp³-hybridized carbons (Fsp3) is 0.885. The van der Waals surface area contributed by atoms with Gasteiger partial charge in [0, 0.05) is 30.1 Å². The monoisotopic (exact) mass is 496 g/mol. The van der Waals surface area contributed by atoms with E-state index in [1.165, 1.54) is 0 Å². The van der Waals surface area contributed by atoms with Crippen molar-refractivity contribution in [3.8, 4) is 0 Å². The molecule has 5 nitrogen and oxygen atoms in total. The summed E-state index contributed by atoms with van der Waals surface area (Å²) >= 11 is 0. The van der Waals surface area contributed by atoms with Crippen molar-refractivity contribution in [1.82, 2.24) is 0 Å². The lowest BCUT2D eigenvalue weighted by atomic mass is 9.57. The standard InChI is InChI=1S/C26H48O5Si2/c1-22(2,3)33(10,11)30-21-12-13-24(6)14-15-25(28-16-17-29-25)19-26(24,31-32(7,8)9)20(27)18-23(21,4)5/h12-13,21H,14-19H2,1-11H3/b13-12-/t21-,24+,26-/m0/s1. The van der Waals surface area contributed by atoms with E-state index in [0.29, 0.717) is 26.1 Å². The van der Waals surface area contributed by atoms with Gasteiger partial charge < -0.3 is 18.3 Å². The molecule has 1 saturated heterocycles. The highest BCUT2D eigenvalue weighted by atomic mass is 28.4. The molecule has 3 atom stereocenters. The minimum atomic E-state index is -2.07. The van der Waals surface area contributed by atoms with Crippen LogP contribution >= 0.6 is 0 Å². The molecule has 1 aliphatic heterocycles. The zero-order valence-electron chi connectivity index (χ0n) is 23.0. The molecule has 190 valence electrons. The fourth-order valence-electron chi connectivity index (χ4n) is 5.34. The van der Waals surface area contributed by atoms with E-state index >= 15 is 0 Å². The highest BCUT2D eigenvalue weighted by molar-refractivity contribution is 6.74. The second-order valence-electron chi connectivity index (χ2n) is 14.0. The van der Waals surface area contributed by atoms with Gasteiger partial charge in [0.25, 0.3) is 0 Å². The minimum Gasteiger partial charge on any atom is -0.410 e. The molecule has 1 heterocycles. The van der Waals surface area contributed by atoms with Crippen molar-refractivity contribution in [3.05, 3.63) is 12.2 Å². The van der Waals surface area contributed by atoms with Crippen molar-refractivity contribution in [2.24, 2.45) is 10.8 Å². The van der Waals surface area contributed by atoms with Crippen LogP contribution in [0.5, 0.6) is 0 Å². The number of ether oxygens (including phenoxy) is 2. The number of hydrogen-bond donors (Lipinski definition) is 0. The SMILES string of the molecule is CC1(C)CC(=O)[C@@]2(O[Si](C)(C)C)CC3(CC[C@@]2(C)/C=C\[C@@H]1O[Si](C)(C)C(C)(C)C)OCCO3. The largest absolute Gasteiger partial charge is 0.410 e. The van der Waals surface area contributed by atoms with E-state index in [4.69, 9.17) is 18.3 Å². The average Bonchev–Trinajstić information content (AvgIpc) is 3.07. The quantitative estimate of drug-likeness (QED) is 0.330. The molecule has 2 aliphatic carbocycles. The molecule has 0 aromatic heterocycles. The summed E-state index contributed by atoms with van der Waals surface area (Å²) in [6.07, 6.45) is 6.83. The predicted octanol–water partition coefficient (Wildman–Crippen LogP) is 6.46. The van der Waals surface area contributed by atoms with Crippen LogP contribution in [0.3, 0.4) is 0 Å². The van der Waals surface area contributed by atoms with Crippen LogP contribution in [0.2, 0.25) is 37.8 Å². The average molecular weight is 497 g/mol. The van der Waals surface area contributed by atoms with Gasteiger partial charge in [-0.05, 0) is 44.2 Å². The molecule has 33 heavy (non-hydrogen) atoms. The Morgan fingerprint density at radius 1 is 1.00 bits per heavy atom. The Bertz CT molecular complexity index is 785. The number of carbonyl (C=O) groups is 1. The van der Waals surface area contributed by atoms with Crippen molar-refractivity contribution in [2.45, 2.75) is 122 Å². The molecule has 3 aliphatic rings. The Morgan fingerprint density at radius 3 is 2.09 bits per heavy atom. The molecule has 1 spiro atoms. The van der Waals surface area contributed by atoms with E-state index in [1.54, 1.807) is 0 Å². The molecule has 0 bridgehead atoms. The highest BCUT2D eigenvalue weighted by Gasteiger charge is 2.64. The van der Waals surface area contributed by atoms with Crippen LogP contribution in [-0.4, -0.2) is 53.1 Å². The van der Waals surface area contributed by atoms with Crippen LogP contribution in [0.15, 0.2) is 12.2 Å². The number of ketones is 1. The maximum absolute atomic E-state index is 14.4. The Kier molecular flexibility index (Phi) is 6.92. The van der Waals surface area contributed by atoms with E-state index < -0.39 is 33.4 Å². The van der Waals surface area contributed by atoms with E-state index in [1.807, 2.05) is 0 Å². The van der Waals surface area contributed by atoms with Gasteiger partial charge in [-0.15, -0.1) is 0 Å². The minimum absolute atomic E-state index is 0.103. The first-order valence-corrected chi connectivity index (χ1v) is 19.0. The summed E-state index contributed by atoms with van der Waals surface area (Å²) in [6.45, 7) is 25.6. The first kappa shape index (κ1) is 27.3. The summed E-state index contributed by atoms with van der Waals surface area (Å²) in [4.78, 5) is 14.4. The van der Waals surface area contributed by atoms with Crippen LogP contribution in [-0.2, 0) is 23.1 Å². The van der Waals surface area contributed by atoms with E-state index in [0.717, 1.165) is 12.8 Å². The smallest absolute Gasteiger partial charge is 0.192 e. The Hall–Kier alpha value is -0.316. The molecule has 1 saturated carbocycles. The molecular formula is C26H48O5Si2. The van der Waals surface area contributed by atoms with Gasteiger partial charge in [-0.25, -0.2) is 0 Å². The molecule has 0 radical (unpaired) electrons. The van der Waals surface area contributed by atoms with Crippen LogP contribution in [0, 0.1) is 10.8 Å². The number of fused-ring (bicyclic) bond motifs is 1. The molecule has 7 heteroatoms. The summed E-state index contributed by atoms with van der Waals surface area (Å²) in [5.41, 5.74) is -1.73. The first-order chi connectivity index (χ1) is 14.8. The number of Topliss-reactive ketones (excluding diaryl/α,β-unsaturated/α-hetero) is 1. The maximum atomic E-state index is 14.4. The molecule has 0 N–H and O–H groups in total. The van der Waals surface area contributed by atoms with Gasteiger partial charge in [-0.1, -0.05) is 53.7 Å². The first-order valence-electron chi connectivity index (χ1n) is 12.7. The van der Waals surface area contributed by atoms with Crippen molar-refractivity contribution >= 4 is 22.4 Å². The second-order valence-corrected chi connectivity index (χ2v) is 23.2. The zero-order valence-corrected chi connectivity index (χ0v) is 25.0. The molecular weight excluding hydrogens is 448 g/mol. The third-order valence-electron chi connectivity index (χ3n) is 8.46. The summed E-state index contributed by atoms with van der Waals surface area (Å²) < 4.78 is 26.1. The Balaban J connectivity index is 2.09. The molecule has 3 rings (SSSR count). The molecule has 0 aromatic rings. The van der Waals surface area contributed by atoms with Crippen molar-refractivity contribution in [1.29, 1.82) is 0 Å². The Labute approximate surface area is 204 Å². The second kappa shape index (κ2) is 8.37. The summed E-state index contributed by atoms with van der Waals surface area (Å²) in [5, 5.41) is 0.103. The molecule has 0 unspecified atom stereocenters. The maximum Gasteiger partial charge on any atom is 0.192 e. The van der Waals surface area contributed by atoms with E-state index in [-0.39, 0.29) is 22.3 Å². The molecule has 2 fully saturated rings. The summed E-state index contributed by atoms with van der Waals surface area (Å²) in [6, 6.07) is 0. The van der Waals surface area contributed by atoms with Gasteiger partial charge in [0.05, 0.1) is 19.3 Å². The van der Waals surface area contributed by atoms with Crippen LogP contribution in [0.4, 0.5) is 0 Å².